The fourth-order valence-electron chi connectivity index (χ4n) is 1.43. The highest BCUT2D eigenvalue weighted by atomic mass is 16.6. The Kier molecular flexibility index (Phi) is 2.83. The molecule has 0 radical (unpaired) electrons. The van der Waals surface area contributed by atoms with E-state index >= 15 is 0 Å². The first-order valence-electron chi connectivity index (χ1n) is 5.44. The van der Waals surface area contributed by atoms with Crippen LogP contribution in [-0.2, 0) is 9.47 Å². The highest BCUT2D eigenvalue weighted by Gasteiger charge is 2.23. The summed E-state index contributed by atoms with van der Waals surface area (Å²) in [7, 11) is 0. The molecule has 1 amide bonds. The Morgan fingerprint density at radius 1 is 1.53 bits per heavy atom. The van der Waals surface area contributed by atoms with Crippen LogP contribution in [0.15, 0.2) is 36.0 Å². The number of ether oxygens (including phenoxy) is 2. The van der Waals surface area contributed by atoms with Crippen LogP contribution in [0.4, 0.5) is 4.79 Å². The lowest BCUT2D eigenvalue weighted by Gasteiger charge is -2.27. The van der Waals surface area contributed by atoms with Gasteiger partial charge in [0.25, 0.3) is 0 Å². The molecule has 5 nitrogen and oxygen atoms in total. The summed E-state index contributed by atoms with van der Waals surface area (Å²) >= 11 is 0. The summed E-state index contributed by atoms with van der Waals surface area (Å²) in [5.41, 5.74) is 0.408. The Hall–Kier alpha value is -1.91. The first-order valence-corrected chi connectivity index (χ1v) is 5.44. The average molecular weight is 236 g/mol. The zero-order valence-electron chi connectivity index (χ0n) is 10.2. The summed E-state index contributed by atoms with van der Waals surface area (Å²) in [6.07, 6.45) is 6.51. The Bertz CT molecular complexity index is 416. The lowest BCUT2D eigenvalue weighted by Crippen LogP contribution is -2.32. The van der Waals surface area contributed by atoms with Crippen LogP contribution in [0.2, 0.25) is 0 Å². The van der Waals surface area contributed by atoms with Crippen LogP contribution in [0.3, 0.4) is 0 Å². The van der Waals surface area contributed by atoms with E-state index in [4.69, 9.17) is 9.47 Å². The molecule has 0 spiro atoms. The predicted molar refractivity (Wildman–Crippen MR) is 62.5 cm³/mol. The van der Waals surface area contributed by atoms with Gasteiger partial charge >= 0.3 is 6.09 Å². The number of nitrogens with zero attached hydrogens (tertiary/aromatic N) is 1. The van der Waals surface area contributed by atoms with Crippen LogP contribution in [0.25, 0.3) is 0 Å². The van der Waals surface area contributed by atoms with Gasteiger partial charge in [0, 0.05) is 18.0 Å². The predicted octanol–water partition coefficient (Wildman–Crippen LogP) is 2.05. The standard InChI is InChI=1S/C12H16N2O3/c1-12(2,3)17-11(15)14-5-4-9-6-13-8-16-10(9)7-14/h4-7,13H,8H2,1-3H3. The molecule has 0 saturated carbocycles. The molecule has 2 rings (SSSR count). The molecule has 1 N–H and O–H groups in total. The molecule has 92 valence electrons. The van der Waals surface area contributed by atoms with Crippen molar-refractivity contribution in [2.24, 2.45) is 0 Å². The SMILES string of the molecule is CC(C)(C)OC(=O)N1C=CC2=CNCOC2=C1. The van der Waals surface area contributed by atoms with Crippen molar-refractivity contribution >= 4 is 6.09 Å². The maximum Gasteiger partial charge on any atom is 0.418 e. The number of carbonyl (C=O) groups is 1. The van der Waals surface area contributed by atoms with E-state index in [0.717, 1.165) is 5.57 Å². The molecule has 5 heteroatoms. The number of carbonyl (C=O) groups excluding carboxylic acids is 1. The van der Waals surface area contributed by atoms with E-state index in [0.29, 0.717) is 12.5 Å². The lowest BCUT2D eigenvalue weighted by molar-refractivity contribution is 0.0388. The van der Waals surface area contributed by atoms with Crippen molar-refractivity contribution in [2.75, 3.05) is 6.73 Å². The molecule has 2 aliphatic rings. The lowest BCUT2D eigenvalue weighted by atomic mass is 10.2. The van der Waals surface area contributed by atoms with Gasteiger partial charge in [-0.05, 0) is 26.8 Å². The van der Waals surface area contributed by atoms with Crippen molar-refractivity contribution in [3.8, 4) is 0 Å². The minimum Gasteiger partial charge on any atom is -0.471 e. The average Bonchev–Trinajstić information content (AvgIpc) is 2.26. The van der Waals surface area contributed by atoms with Gasteiger partial charge in [-0.1, -0.05) is 0 Å². The zero-order chi connectivity index (χ0) is 12.5. The van der Waals surface area contributed by atoms with Gasteiger partial charge in [0.05, 0.1) is 6.20 Å². The molecule has 0 aliphatic carbocycles. The van der Waals surface area contributed by atoms with E-state index in [2.05, 4.69) is 5.32 Å². The number of fused-ring (bicyclic) bond motifs is 1. The second-order valence-electron chi connectivity index (χ2n) is 4.79. The van der Waals surface area contributed by atoms with Gasteiger partial charge in [0.2, 0.25) is 0 Å². The van der Waals surface area contributed by atoms with Gasteiger partial charge < -0.3 is 14.8 Å². The Morgan fingerprint density at radius 2 is 2.29 bits per heavy atom. The minimum absolute atomic E-state index is 0.408. The van der Waals surface area contributed by atoms with Crippen molar-refractivity contribution < 1.29 is 14.3 Å². The van der Waals surface area contributed by atoms with Crippen molar-refractivity contribution in [1.29, 1.82) is 0 Å². The van der Waals surface area contributed by atoms with Gasteiger partial charge in [-0.2, -0.15) is 0 Å². The molecule has 0 fully saturated rings. The number of amides is 1. The minimum atomic E-state index is -0.505. The van der Waals surface area contributed by atoms with E-state index in [1.807, 2.05) is 27.0 Å². The van der Waals surface area contributed by atoms with E-state index < -0.39 is 11.7 Å². The van der Waals surface area contributed by atoms with Gasteiger partial charge in [0.15, 0.2) is 6.73 Å². The highest BCUT2D eigenvalue weighted by Crippen LogP contribution is 2.22. The summed E-state index contributed by atoms with van der Waals surface area (Å²) in [4.78, 5) is 13.2. The van der Waals surface area contributed by atoms with Crippen LogP contribution >= 0.6 is 0 Å². The topological polar surface area (TPSA) is 50.8 Å². The van der Waals surface area contributed by atoms with Gasteiger partial charge in [-0.3, -0.25) is 4.90 Å². The largest absolute Gasteiger partial charge is 0.471 e. The molecule has 0 aromatic heterocycles. The molecule has 0 aromatic rings. The Morgan fingerprint density at radius 3 is 3.00 bits per heavy atom. The third-order valence-corrected chi connectivity index (χ3v) is 2.13. The molecule has 0 saturated heterocycles. The van der Waals surface area contributed by atoms with Gasteiger partial charge in [-0.15, -0.1) is 0 Å². The molecule has 2 aliphatic heterocycles. The van der Waals surface area contributed by atoms with E-state index in [-0.39, 0.29) is 0 Å². The fraction of sp³-hybridized carbons (Fsp3) is 0.417. The van der Waals surface area contributed by atoms with Crippen LogP contribution in [-0.4, -0.2) is 23.3 Å². The number of hydrogen-bond donors (Lipinski definition) is 1. The van der Waals surface area contributed by atoms with E-state index in [9.17, 15) is 4.79 Å². The molecule has 17 heavy (non-hydrogen) atoms. The number of allylic oxidation sites excluding steroid dienone is 1. The smallest absolute Gasteiger partial charge is 0.418 e. The van der Waals surface area contributed by atoms with Crippen LogP contribution in [0.5, 0.6) is 0 Å². The number of hydrogen-bond acceptors (Lipinski definition) is 4. The molecular weight excluding hydrogens is 220 g/mol. The molecule has 2 heterocycles. The maximum absolute atomic E-state index is 11.8. The highest BCUT2D eigenvalue weighted by molar-refractivity contribution is 5.72. The van der Waals surface area contributed by atoms with E-state index in [1.165, 1.54) is 4.90 Å². The normalized spacial score (nSPS) is 18.4. The Balaban J connectivity index is 2.10. The van der Waals surface area contributed by atoms with Crippen LogP contribution in [0.1, 0.15) is 20.8 Å². The second-order valence-corrected chi connectivity index (χ2v) is 4.79. The molecule has 0 unspecified atom stereocenters. The van der Waals surface area contributed by atoms with Crippen molar-refractivity contribution in [3.05, 3.63) is 36.0 Å². The number of rotatable bonds is 0. The third-order valence-electron chi connectivity index (χ3n) is 2.13. The first-order chi connectivity index (χ1) is 7.96. The quantitative estimate of drug-likeness (QED) is 0.699. The van der Waals surface area contributed by atoms with Crippen molar-refractivity contribution in [2.45, 2.75) is 26.4 Å². The van der Waals surface area contributed by atoms with E-state index in [1.54, 1.807) is 18.5 Å². The fourth-order valence-corrected chi connectivity index (χ4v) is 1.43. The Labute approximate surface area is 100 Å². The molecule has 0 aromatic carbocycles. The molecule has 0 bridgehead atoms. The number of nitrogens with one attached hydrogen (secondary N) is 1. The monoisotopic (exact) mass is 236 g/mol. The van der Waals surface area contributed by atoms with Crippen molar-refractivity contribution in [1.82, 2.24) is 10.2 Å². The third kappa shape index (κ3) is 2.81. The van der Waals surface area contributed by atoms with Crippen LogP contribution in [0, 0.1) is 0 Å². The summed E-state index contributed by atoms with van der Waals surface area (Å²) in [6, 6.07) is 0. The molecular formula is C12H16N2O3. The second kappa shape index (κ2) is 4.16. The summed E-state index contributed by atoms with van der Waals surface area (Å²) < 4.78 is 10.6. The first kappa shape index (κ1) is 11.6. The molecule has 0 atom stereocenters. The summed E-state index contributed by atoms with van der Waals surface area (Å²) in [5.74, 6) is 0.664. The zero-order valence-corrected chi connectivity index (χ0v) is 10.2. The van der Waals surface area contributed by atoms with Gasteiger partial charge in [0.1, 0.15) is 11.4 Å². The maximum atomic E-state index is 11.8. The summed E-state index contributed by atoms with van der Waals surface area (Å²) in [5, 5.41) is 2.96. The van der Waals surface area contributed by atoms with Crippen molar-refractivity contribution in [3.63, 3.8) is 0 Å². The summed E-state index contributed by atoms with van der Waals surface area (Å²) in [6.45, 7) is 5.90. The van der Waals surface area contributed by atoms with Crippen LogP contribution < -0.4 is 5.32 Å². The van der Waals surface area contributed by atoms with Gasteiger partial charge in [-0.25, -0.2) is 4.79 Å².